The van der Waals surface area contributed by atoms with Gasteiger partial charge in [0.05, 0.1) is 11.6 Å². The van der Waals surface area contributed by atoms with E-state index in [2.05, 4.69) is 41.3 Å². The summed E-state index contributed by atoms with van der Waals surface area (Å²) in [6.45, 7) is 9.08. The van der Waals surface area contributed by atoms with Crippen LogP contribution in [0.4, 0.5) is 5.69 Å². The lowest BCUT2D eigenvalue weighted by atomic mass is 9.98. The van der Waals surface area contributed by atoms with Gasteiger partial charge in [0.1, 0.15) is 0 Å². The molecule has 2 aromatic heterocycles. The zero-order valence-corrected chi connectivity index (χ0v) is 14.6. The average molecular weight is 328 g/mol. The van der Waals surface area contributed by atoms with Crippen LogP contribution in [0.3, 0.4) is 0 Å². The van der Waals surface area contributed by atoms with E-state index in [0.717, 1.165) is 22.8 Å². The Bertz CT molecular complexity index is 801. The molecular formula is C17H20N4OS. The monoisotopic (exact) mass is 328 g/mol. The van der Waals surface area contributed by atoms with E-state index in [4.69, 9.17) is 4.42 Å². The minimum Gasteiger partial charge on any atom is -0.421 e. The fourth-order valence-electron chi connectivity index (χ4n) is 2.10. The molecule has 3 aromatic rings. The Morgan fingerprint density at radius 3 is 2.70 bits per heavy atom. The van der Waals surface area contributed by atoms with Gasteiger partial charge in [0, 0.05) is 34.7 Å². The number of aromatic nitrogens is 3. The van der Waals surface area contributed by atoms with Crippen molar-refractivity contribution in [2.24, 2.45) is 0 Å². The fraction of sp³-hybridized carbons (Fsp3) is 0.353. The van der Waals surface area contributed by atoms with Crippen molar-refractivity contribution in [1.82, 2.24) is 15.2 Å². The van der Waals surface area contributed by atoms with Crippen molar-refractivity contribution in [2.75, 3.05) is 5.32 Å². The second-order valence-corrected chi connectivity index (χ2v) is 7.56. The molecule has 3 rings (SSSR count). The number of hydrogen-bond acceptors (Lipinski definition) is 6. The van der Waals surface area contributed by atoms with Gasteiger partial charge in [-0.25, -0.2) is 4.98 Å². The van der Waals surface area contributed by atoms with Gasteiger partial charge in [0.2, 0.25) is 11.8 Å². The highest BCUT2D eigenvalue weighted by molar-refractivity contribution is 7.11. The summed E-state index contributed by atoms with van der Waals surface area (Å²) in [4.78, 5) is 5.73. The van der Waals surface area contributed by atoms with Crippen molar-refractivity contribution in [3.8, 4) is 11.5 Å². The number of benzene rings is 1. The van der Waals surface area contributed by atoms with E-state index in [1.54, 1.807) is 18.3 Å². The Labute approximate surface area is 139 Å². The van der Waals surface area contributed by atoms with E-state index < -0.39 is 0 Å². The molecule has 0 fully saturated rings. The molecular weight excluding hydrogens is 308 g/mol. The van der Waals surface area contributed by atoms with Crippen LogP contribution in [0.15, 0.2) is 34.9 Å². The van der Waals surface area contributed by atoms with E-state index >= 15 is 0 Å². The van der Waals surface area contributed by atoms with E-state index in [0.29, 0.717) is 11.8 Å². The average Bonchev–Trinajstić information content (AvgIpc) is 3.14. The number of anilines is 1. The summed E-state index contributed by atoms with van der Waals surface area (Å²) in [6, 6.07) is 7.98. The summed E-state index contributed by atoms with van der Waals surface area (Å²) in [6.07, 6.45) is 1.95. The molecule has 0 saturated heterocycles. The number of nitrogens with one attached hydrogen (secondary N) is 1. The maximum absolute atomic E-state index is 5.47. The van der Waals surface area contributed by atoms with Crippen molar-refractivity contribution < 1.29 is 4.42 Å². The fourth-order valence-corrected chi connectivity index (χ4v) is 3.01. The van der Waals surface area contributed by atoms with Crippen LogP contribution >= 0.6 is 11.3 Å². The largest absolute Gasteiger partial charge is 0.421 e. The standard InChI is InChI=1S/C17H20N4OS/c1-11-20-21-15(22-11)12-6-5-7-13(8-12)18-9-14-10-19-16(23-14)17(2,3)4/h5-8,10,18H,9H2,1-4H3. The normalized spacial score (nSPS) is 11.7. The Morgan fingerprint density at radius 1 is 1.22 bits per heavy atom. The summed E-state index contributed by atoms with van der Waals surface area (Å²) in [5.41, 5.74) is 2.03. The second-order valence-electron chi connectivity index (χ2n) is 6.44. The van der Waals surface area contributed by atoms with Crippen LogP contribution in [0.25, 0.3) is 11.5 Å². The first-order valence-corrected chi connectivity index (χ1v) is 8.33. The number of hydrogen-bond donors (Lipinski definition) is 1. The maximum Gasteiger partial charge on any atom is 0.247 e. The van der Waals surface area contributed by atoms with E-state index in [9.17, 15) is 0 Å². The van der Waals surface area contributed by atoms with Crippen LogP contribution < -0.4 is 5.32 Å². The molecule has 0 aliphatic rings. The zero-order chi connectivity index (χ0) is 16.4. The molecule has 23 heavy (non-hydrogen) atoms. The number of aryl methyl sites for hydroxylation is 1. The topological polar surface area (TPSA) is 63.8 Å². The lowest BCUT2D eigenvalue weighted by Crippen LogP contribution is -2.09. The predicted molar refractivity (Wildman–Crippen MR) is 92.6 cm³/mol. The van der Waals surface area contributed by atoms with Crippen LogP contribution in [0.2, 0.25) is 0 Å². The molecule has 1 N–H and O–H groups in total. The minimum absolute atomic E-state index is 0.0959. The van der Waals surface area contributed by atoms with Gasteiger partial charge >= 0.3 is 0 Å². The van der Waals surface area contributed by atoms with Gasteiger partial charge in [-0.05, 0) is 18.2 Å². The van der Waals surface area contributed by atoms with Gasteiger partial charge in [0.25, 0.3) is 0 Å². The first kappa shape index (κ1) is 15.7. The van der Waals surface area contributed by atoms with Crippen LogP contribution in [0.1, 0.15) is 36.5 Å². The van der Waals surface area contributed by atoms with Crippen LogP contribution in [-0.4, -0.2) is 15.2 Å². The first-order chi connectivity index (χ1) is 10.9. The summed E-state index contributed by atoms with van der Waals surface area (Å²) >= 11 is 1.75. The Hall–Kier alpha value is -2.21. The van der Waals surface area contributed by atoms with Crippen molar-refractivity contribution >= 4 is 17.0 Å². The molecule has 120 valence electrons. The zero-order valence-electron chi connectivity index (χ0n) is 13.8. The highest BCUT2D eigenvalue weighted by atomic mass is 32.1. The molecule has 0 unspecified atom stereocenters. The third-order valence-electron chi connectivity index (χ3n) is 3.30. The van der Waals surface area contributed by atoms with E-state index in [1.165, 1.54) is 4.88 Å². The maximum atomic E-state index is 5.47. The van der Waals surface area contributed by atoms with Crippen molar-refractivity contribution in [1.29, 1.82) is 0 Å². The Morgan fingerprint density at radius 2 is 2.04 bits per heavy atom. The molecule has 0 radical (unpaired) electrons. The first-order valence-electron chi connectivity index (χ1n) is 7.51. The van der Waals surface area contributed by atoms with Crippen LogP contribution in [0, 0.1) is 6.92 Å². The number of nitrogens with zero attached hydrogens (tertiary/aromatic N) is 3. The molecule has 2 heterocycles. The van der Waals surface area contributed by atoms with Gasteiger partial charge in [-0.2, -0.15) is 0 Å². The molecule has 1 aromatic carbocycles. The SMILES string of the molecule is Cc1nnc(-c2cccc(NCc3cnc(C(C)(C)C)s3)c2)o1. The molecule has 0 amide bonds. The van der Waals surface area contributed by atoms with Crippen LogP contribution in [-0.2, 0) is 12.0 Å². The van der Waals surface area contributed by atoms with E-state index in [1.807, 2.05) is 30.5 Å². The third-order valence-corrected chi connectivity index (χ3v) is 4.72. The highest BCUT2D eigenvalue weighted by Crippen LogP contribution is 2.27. The lowest BCUT2D eigenvalue weighted by Gasteiger charge is -2.13. The Kier molecular flexibility index (Phi) is 4.17. The van der Waals surface area contributed by atoms with Gasteiger partial charge in [-0.15, -0.1) is 21.5 Å². The predicted octanol–water partition coefficient (Wildman–Crippen LogP) is 4.41. The molecule has 0 atom stereocenters. The minimum atomic E-state index is 0.0959. The quantitative estimate of drug-likeness (QED) is 0.768. The molecule has 0 aliphatic heterocycles. The highest BCUT2D eigenvalue weighted by Gasteiger charge is 2.17. The number of thiazole rings is 1. The lowest BCUT2D eigenvalue weighted by molar-refractivity contribution is 0.533. The summed E-state index contributed by atoms with van der Waals surface area (Å²) in [5, 5.41) is 12.5. The molecule has 0 spiro atoms. The summed E-state index contributed by atoms with van der Waals surface area (Å²) in [7, 11) is 0. The van der Waals surface area contributed by atoms with E-state index in [-0.39, 0.29) is 5.41 Å². The van der Waals surface area contributed by atoms with Crippen molar-refractivity contribution in [2.45, 2.75) is 39.7 Å². The van der Waals surface area contributed by atoms with Gasteiger partial charge < -0.3 is 9.73 Å². The summed E-state index contributed by atoms with van der Waals surface area (Å²) in [5.74, 6) is 1.11. The Balaban J connectivity index is 1.70. The van der Waals surface area contributed by atoms with Gasteiger partial charge in [-0.3, -0.25) is 0 Å². The summed E-state index contributed by atoms with van der Waals surface area (Å²) < 4.78 is 5.47. The molecule has 0 bridgehead atoms. The molecule has 0 aliphatic carbocycles. The molecule has 5 nitrogen and oxygen atoms in total. The van der Waals surface area contributed by atoms with Gasteiger partial charge in [0.15, 0.2) is 0 Å². The molecule has 0 saturated carbocycles. The third kappa shape index (κ3) is 3.76. The van der Waals surface area contributed by atoms with Crippen LogP contribution in [0.5, 0.6) is 0 Å². The van der Waals surface area contributed by atoms with Crippen molar-refractivity contribution in [3.63, 3.8) is 0 Å². The molecule has 6 heteroatoms. The van der Waals surface area contributed by atoms with Crippen molar-refractivity contribution in [3.05, 3.63) is 46.2 Å². The smallest absolute Gasteiger partial charge is 0.247 e. The second kappa shape index (κ2) is 6.12. The van der Waals surface area contributed by atoms with Gasteiger partial charge in [-0.1, -0.05) is 26.8 Å². The number of rotatable bonds is 4.